The van der Waals surface area contributed by atoms with Gasteiger partial charge in [0, 0.05) is 50.7 Å². The summed E-state index contributed by atoms with van der Waals surface area (Å²) in [6, 6.07) is 5.18. The van der Waals surface area contributed by atoms with Crippen molar-refractivity contribution in [3.8, 4) is 11.5 Å². The number of aromatic nitrogens is 2. The van der Waals surface area contributed by atoms with Gasteiger partial charge in [-0.1, -0.05) is 24.9 Å². The molecule has 1 aliphatic rings. The van der Waals surface area contributed by atoms with Gasteiger partial charge in [0.25, 0.3) is 5.91 Å². The predicted molar refractivity (Wildman–Crippen MR) is 131 cm³/mol. The minimum absolute atomic E-state index is 0.163. The standard InChI is InChI=1S/C24H34ClN5O3/c1-3-5-16-33-22-20(25)17-19(18-21(22)32-4-2)23(31)26-10-7-11-29-12-14-30(15-13-29)24-27-8-6-9-28-24/h6,8-9,17-18H,3-5,7,10-16H2,1-2H3,(H,26,31). The summed E-state index contributed by atoms with van der Waals surface area (Å²) in [6.07, 6.45) is 6.38. The van der Waals surface area contributed by atoms with Crippen LogP contribution < -0.4 is 19.7 Å². The Balaban J connectivity index is 1.44. The molecule has 1 aromatic carbocycles. The van der Waals surface area contributed by atoms with Crippen LogP contribution in [0.1, 0.15) is 43.5 Å². The zero-order valence-corrected chi connectivity index (χ0v) is 20.3. The average Bonchev–Trinajstić information content (AvgIpc) is 2.84. The average molecular weight is 476 g/mol. The lowest BCUT2D eigenvalue weighted by molar-refractivity contribution is 0.0951. The highest BCUT2D eigenvalue weighted by atomic mass is 35.5. The van der Waals surface area contributed by atoms with E-state index in [0.29, 0.717) is 41.8 Å². The second kappa shape index (κ2) is 13.2. The molecule has 1 fully saturated rings. The van der Waals surface area contributed by atoms with Crippen LogP contribution in [0.2, 0.25) is 5.02 Å². The number of hydrogen-bond donors (Lipinski definition) is 1. The zero-order valence-electron chi connectivity index (χ0n) is 19.6. The maximum Gasteiger partial charge on any atom is 0.251 e. The molecule has 2 heterocycles. The lowest BCUT2D eigenvalue weighted by atomic mass is 10.1. The molecule has 0 aliphatic carbocycles. The number of amides is 1. The van der Waals surface area contributed by atoms with Crippen LogP contribution in [0.3, 0.4) is 0 Å². The van der Waals surface area contributed by atoms with Gasteiger partial charge in [-0.25, -0.2) is 9.97 Å². The Bertz CT molecular complexity index is 876. The number of halogens is 1. The van der Waals surface area contributed by atoms with E-state index < -0.39 is 0 Å². The summed E-state index contributed by atoms with van der Waals surface area (Å²) < 4.78 is 11.5. The van der Waals surface area contributed by atoms with Gasteiger partial charge in [-0.2, -0.15) is 0 Å². The number of nitrogens with one attached hydrogen (secondary N) is 1. The van der Waals surface area contributed by atoms with Gasteiger partial charge in [-0.15, -0.1) is 0 Å². The van der Waals surface area contributed by atoms with E-state index in [9.17, 15) is 4.79 Å². The summed E-state index contributed by atoms with van der Waals surface area (Å²) in [6.45, 7) is 10.3. The Kier molecular flexibility index (Phi) is 10.0. The van der Waals surface area contributed by atoms with E-state index >= 15 is 0 Å². The topological polar surface area (TPSA) is 79.8 Å². The Hall–Kier alpha value is -2.58. The van der Waals surface area contributed by atoms with Crippen molar-refractivity contribution in [3.05, 3.63) is 41.2 Å². The fourth-order valence-electron chi connectivity index (χ4n) is 3.65. The van der Waals surface area contributed by atoms with Crippen LogP contribution in [0, 0.1) is 0 Å². The lowest BCUT2D eigenvalue weighted by Gasteiger charge is -2.34. The summed E-state index contributed by atoms with van der Waals surface area (Å²) in [7, 11) is 0. The Morgan fingerprint density at radius 2 is 1.85 bits per heavy atom. The second-order valence-electron chi connectivity index (χ2n) is 7.91. The van der Waals surface area contributed by atoms with Crippen LogP contribution >= 0.6 is 11.6 Å². The molecule has 1 amide bonds. The van der Waals surface area contributed by atoms with Crippen LogP contribution in [0.25, 0.3) is 0 Å². The van der Waals surface area contributed by atoms with Gasteiger partial charge in [0.2, 0.25) is 5.95 Å². The van der Waals surface area contributed by atoms with Crippen LogP contribution in [-0.4, -0.2) is 73.3 Å². The molecule has 8 nitrogen and oxygen atoms in total. The smallest absolute Gasteiger partial charge is 0.251 e. The van der Waals surface area contributed by atoms with Gasteiger partial charge >= 0.3 is 0 Å². The van der Waals surface area contributed by atoms with E-state index in [2.05, 4.69) is 32.0 Å². The second-order valence-corrected chi connectivity index (χ2v) is 8.31. The van der Waals surface area contributed by atoms with Gasteiger partial charge in [0.05, 0.1) is 18.2 Å². The van der Waals surface area contributed by atoms with Crippen molar-refractivity contribution < 1.29 is 14.3 Å². The number of benzene rings is 1. The molecule has 180 valence electrons. The molecule has 0 spiro atoms. The molecule has 1 N–H and O–H groups in total. The first-order chi connectivity index (χ1) is 16.1. The fourth-order valence-corrected chi connectivity index (χ4v) is 3.92. The predicted octanol–water partition coefficient (Wildman–Crippen LogP) is 3.65. The quantitative estimate of drug-likeness (QED) is 0.469. The molecule has 1 saturated heterocycles. The number of anilines is 1. The molecule has 1 aliphatic heterocycles. The van der Waals surface area contributed by atoms with Crippen LogP contribution in [0.4, 0.5) is 5.95 Å². The number of rotatable bonds is 12. The summed E-state index contributed by atoms with van der Waals surface area (Å²) >= 11 is 6.41. The summed E-state index contributed by atoms with van der Waals surface area (Å²) in [5, 5.41) is 3.38. The zero-order chi connectivity index (χ0) is 23.5. The number of nitrogens with zero attached hydrogens (tertiary/aromatic N) is 4. The number of piperazine rings is 1. The SMILES string of the molecule is CCCCOc1c(Cl)cc(C(=O)NCCCN2CCN(c3ncccn3)CC2)cc1OCC. The number of ether oxygens (including phenoxy) is 2. The molecule has 9 heteroatoms. The maximum atomic E-state index is 12.7. The van der Waals surface area contributed by atoms with Gasteiger partial charge in [0.15, 0.2) is 11.5 Å². The van der Waals surface area contributed by atoms with Gasteiger partial charge in [-0.3, -0.25) is 9.69 Å². The van der Waals surface area contributed by atoms with Crippen LogP contribution in [0.15, 0.2) is 30.6 Å². The van der Waals surface area contributed by atoms with Gasteiger partial charge in [-0.05, 0) is 44.5 Å². The third-order valence-corrected chi connectivity index (χ3v) is 5.74. The van der Waals surface area contributed by atoms with E-state index in [1.54, 1.807) is 24.5 Å². The van der Waals surface area contributed by atoms with Gasteiger partial charge < -0.3 is 19.7 Å². The third-order valence-electron chi connectivity index (χ3n) is 5.46. The molecule has 0 radical (unpaired) electrons. The Labute approximate surface area is 201 Å². The first kappa shape index (κ1) is 25.1. The molecule has 33 heavy (non-hydrogen) atoms. The first-order valence-corrected chi connectivity index (χ1v) is 12.1. The highest BCUT2D eigenvalue weighted by molar-refractivity contribution is 6.32. The van der Waals surface area contributed by atoms with E-state index in [1.807, 2.05) is 13.0 Å². The van der Waals surface area contributed by atoms with Crippen molar-refractivity contribution in [3.63, 3.8) is 0 Å². The lowest BCUT2D eigenvalue weighted by Crippen LogP contribution is -2.47. The van der Waals surface area contributed by atoms with Crippen molar-refractivity contribution in [2.24, 2.45) is 0 Å². The monoisotopic (exact) mass is 475 g/mol. The van der Waals surface area contributed by atoms with Crippen molar-refractivity contribution >= 4 is 23.5 Å². The minimum Gasteiger partial charge on any atom is -0.490 e. The fraction of sp³-hybridized carbons (Fsp3) is 0.542. The van der Waals surface area contributed by atoms with Gasteiger partial charge in [0.1, 0.15) is 0 Å². The molecule has 1 aromatic heterocycles. The normalized spacial score (nSPS) is 14.2. The molecule has 0 saturated carbocycles. The maximum absolute atomic E-state index is 12.7. The number of unbranched alkanes of at least 4 members (excludes halogenated alkanes) is 1. The molecular weight excluding hydrogens is 442 g/mol. The molecule has 0 unspecified atom stereocenters. The first-order valence-electron chi connectivity index (χ1n) is 11.7. The summed E-state index contributed by atoms with van der Waals surface area (Å²) in [5.74, 6) is 1.63. The molecule has 2 aromatic rings. The highest BCUT2D eigenvalue weighted by Crippen LogP contribution is 2.36. The largest absolute Gasteiger partial charge is 0.490 e. The van der Waals surface area contributed by atoms with E-state index in [1.165, 1.54) is 0 Å². The van der Waals surface area contributed by atoms with Crippen LogP contribution in [0.5, 0.6) is 11.5 Å². The van der Waals surface area contributed by atoms with Crippen molar-refractivity contribution in [2.75, 3.05) is 57.4 Å². The molecule has 0 atom stereocenters. The van der Waals surface area contributed by atoms with Crippen LogP contribution in [-0.2, 0) is 0 Å². The number of carbonyl (C=O) groups is 1. The van der Waals surface area contributed by atoms with Crippen molar-refractivity contribution in [1.29, 1.82) is 0 Å². The number of carbonyl (C=O) groups excluding carboxylic acids is 1. The molecule has 3 rings (SSSR count). The Morgan fingerprint density at radius 1 is 1.09 bits per heavy atom. The molecular formula is C24H34ClN5O3. The number of hydrogen-bond acceptors (Lipinski definition) is 7. The third kappa shape index (κ3) is 7.47. The van der Waals surface area contributed by atoms with E-state index in [4.69, 9.17) is 21.1 Å². The van der Waals surface area contributed by atoms with E-state index in [0.717, 1.165) is 57.9 Å². The summed E-state index contributed by atoms with van der Waals surface area (Å²) in [5.41, 5.74) is 0.475. The minimum atomic E-state index is -0.163. The summed E-state index contributed by atoms with van der Waals surface area (Å²) in [4.78, 5) is 25.9. The van der Waals surface area contributed by atoms with E-state index in [-0.39, 0.29) is 5.91 Å². The van der Waals surface area contributed by atoms with Crippen molar-refractivity contribution in [1.82, 2.24) is 20.2 Å². The Morgan fingerprint density at radius 3 is 2.55 bits per heavy atom. The highest BCUT2D eigenvalue weighted by Gasteiger charge is 2.19. The molecule has 0 bridgehead atoms. The van der Waals surface area contributed by atoms with Crippen molar-refractivity contribution in [2.45, 2.75) is 33.1 Å².